The fourth-order valence-corrected chi connectivity index (χ4v) is 3.76. The highest BCUT2D eigenvalue weighted by atomic mass is 32.1. The summed E-state index contributed by atoms with van der Waals surface area (Å²) in [5.41, 5.74) is 11.3. The molecule has 0 spiro atoms. The van der Waals surface area contributed by atoms with Crippen LogP contribution in [0.5, 0.6) is 0 Å². The minimum atomic E-state index is -1.26. The van der Waals surface area contributed by atoms with E-state index in [1.165, 1.54) is 12.5 Å². The number of carbonyl (C=O) groups is 4. The number of amides is 3. The Bertz CT molecular complexity index is 886. The number of carboxylic acids is 1. The van der Waals surface area contributed by atoms with E-state index in [1.807, 2.05) is 0 Å². The number of nitrogens with one attached hydrogen (secondary N) is 5. The van der Waals surface area contributed by atoms with Gasteiger partial charge in [-0.1, -0.05) is 0 Å². The van der Waals surface area contributed by atoms with E-state index in [9.17, 15) is 24.3 Å². The number of hydrogen-bond acceptors (Lipinski definition) is 8. The third kappa shape index (κ3) is 9.44. The zero-order valence-corrected chi connectivity index (χ0v) is 20.1. The Morgan fingerprint density at radius 3 is 2.46 bits per heavy atom. The van der Waals surface area contributed by atoms with Crippen molar-refractivity contribution < 1.29 is 24.3 Å². The van der Waals surface area contributed by atoms with Crippen molar-refractivity contribution in [1.29, 1.82) is 0 Å². The van der Waals surface area contributed by atoms with Gasteiger partial charge in [-0.3, -0.25) is 19.4 Å². The van der Waals surface area contributed by atoms with Gasteiger partial charge in [-0.2, -0.15) is 12.6 Å². The molecule has 14 nitrogen and oxygen atoms in total. The maximum Gasteiger partial charge on any atom is 0.327 e. The van der Waals surface area contributed by atoms with Crippen LogP contribution in [0.25, 0.3) is 0 Å². The van der Waals surface area contributed by atoms with Gasteiger partial charge in [0.2, 0.25) is 17.7 Å². The van der Waals surface area contributed by atoms with Crippen LogP contribution >= 0.6 is 12.6 Å². The van der Waals surface area contributed by atoms with Gasteiger partial charge in [-0.25, -0.2) is 9.78 Å². The Hall–Kier alpha value is -3.33. The summed E-state index contributed by atoms with van der Waals surface area (Å²) in [7, 11) is 0. The van der Waals surface area contributed by atoms with Crippen LogP contribution in [0.4, 0.5) is 0 Å². The van der Waals surface area contributed by atoms with Gasteiger partial charge in [0.15, 0.2) is 5.96 Å². The molecule has 35 heavy (non-hydrogen) atoms. The molecule has 0 aromatic carbocycles. The zero-order valence-electron chi connectivity index (χ0n) is 19.2. The maximum absolute atomic E-state index is 13.2. The smallest absolute Gasteiger partial charge is 0.327 e. The summed E-state index contributed by atoms with van der Waals surface area (Å²) in [5, 5.41) is 20.0. The number of aliphatic imine (C=N–C) groups is 1. The molecule has 15 heteroatoms. The van der Waals surface area contributed by atoms with Crippen molar-refractivity contribution in [2.75, 3.05) is 18.8 Å². The van der Waals surface area contributed by atoms with Gasteiger partial charge in [0, 0.05) is 30.6 Å². The fourth-order valence-electron chi connectivity index (χ4n) is 3.51. The Morgan fingerprint density at radius 1 is 1.17 bits per heavy atom. The molecular weight excluding hydrogens is 478 g/mol. The number of guanidine groups is 1. The number of rotatable bonds is 14. The summed E-state index contributed by atoms with van der Waals surface area (Å²) in [6.07, 6.45) is 5.06. The van der Waals surface area contributed by atoms with E-state index >= 15 is 0 Å². The Balaban J connectivity index is 2.14. The predicted octanol–water partition coefficient (Wildman–Crippen LogP) is -2.77. The van der Waals surface area contributed by atoms with Crippen LogP contribution in [0.1, 0.15) is 31.4 Å². The number of H-pyrrole nitrogens is 1. The molecule has 0 radical (unpaired) electrons. The van der Waals surface area contributed by atoms with Crippen molar-refractivity contribution in [3.63, 3.8) is 0 Å². The molecule has 1 fully saturated rings. The van der Waals surface area contributed by atoms with Crippen LogP contribution in [0.15, 0.2) is 17.5 Å². The standard InChI is InChI=1S/C20H33N9O5S/c21-20(22)25-6-2-4-13(17(31)29-15(9-35)19(33)34)27-18(32)14(7-11-8-23-10-26-11)28-16(30)12-3-1-5-24-12/h8,10,12-15,24,35H,1-7,9H2,(H,23,26)(H,27,32)(H,28,30)(H,29,31)(H,33,34)(H4,21,22,25). The summed E-state index contributed by atoms with van der Waals surface area (Å²) in [5.74, 6) is -3.13. The van der Waals surface area contributed by atoms with Crippen molar-refractivity contribution in [3.8, 4) is 0 Å². The zero-order chi connectivity index (χ0) is 25.8. The maximum atomic E-state index is 13.2. The van der Waals surface area contributed by atoms with Gasteiger partial charge >= 0.3 is 5.97 Å². The van der Waals surface area contributed by atoms with E-state index in [2.05, 4.69) is 48.9 Å². The molecule has 0 saturated carbocycles. The first kappa shape index (κ1) is 27.9. The molecule has 2 heterocycles. The van der Waals surface area contributed by atoms with Crippen molar-refractivity contribution >= 4 is 42.3 Å². The lowest BCUT2D eigenvalue weighted by Gasteiger charge is -2.25. The highest BCUT2D eigenvalue weighted by molar-refractivity contribution is 7.80. The molecule has 1 aromatic heterocycles. The van der Waals surface area contributed by atoms with Gasteiger partial charge in [0.1, 0.15) is 18.1 Å². The normalized spacial score (nSPS) is 17.6. The monoisotopic (exact) mass is 511 g/mol. The number of hydrogen-bond donors (Lipinski definition) is 9. The Labute approximate surface area is 207 Å². The summed E-state index contributed by atoms with van der Waals surface area (Å²) >= 11 is 3.95. The van der Waals surface area contributed by atoms with Crippen LogP contribution in [0.3, 0.4) is 0 Å². The number of nitrogens with two attached hydrogens (primary N) is 2. The van der Waals surface area contributed by atoms with E-state index in [4.69, 9.17) is 11.5 Å². The Kier molecular flexibility index (Phi) is 11.3. The number of nitrogens with zero attached hydrogens (tertiary/aromatic N) is 2. The average Bonchev–Trinajstić information content (AvgIpc) is 3.52. The molecule has 194 valence electrons. The summed E-state index contributed by atoms with van der Waals surface area (Å²) in [4.78, 5) is 60.7. The second-order valence-electron chi connectivity index (χ2n) is 8.08. The fraction of sp³-hybridized carbons (Fsp3) is 0.600. The molecule has 10 N–H and O–H groups in total. The third-order valence-corrected chi connectivity index (χ3v) is 5.73. The van der Waals surface area contributed by atoms with Gasteiger partial charge < -0.3 is 42.8 Å². The lowest BCUT2D eigenvalue weighted by Crippen LogP contribution is -2.57. The molecule has 1 aliphatic rings. The third-order valence-electron chi connectivity index (χ3n) is 5.36. The van der Waals surface area contributed by atoms with Crippen molar-refractivity contribution in [2.24, 2.45) is 16.5 Å². The number of thiol groups is 1. The predicted molar refractivity (Wildman–Crippen MR) is 131 cm³/mol. The molecule has 3 amide bonds. The van der Waals surface area contributed by atoms with Crippen LogP contribution in [0.2, 0.25) is 0 Å². The first-order chi connectivity index (χ1) is 16.7. The SMILES string of the molecule is NC(N)=NCCCC(NC(=O)C(Cc1cnc[nH]1)NC(=O)C1CCCN1)C(=O)NC(CS)C(=O)O. The van der Waals surface area contributed by atoms with E-state index < -0.39 is 42.0 Å². The molecule has 2 rings (SSSR count). The number of carbonyl (C=O) groups excluding carboxylic acids is 3. The number of aliphatic carboxylic acids is 1. The number of aromatic amines is 1. The van der Waals surface area contributed by atoms with Crippen LogP contribution in [-0.4, -0.2) is 87.7 Å². The summed E-state index contributed by atoms with van der Waals surface area (Å²) in [6.45, 7) is 0.919. The lowest BCUT2D eigenvalue weighted by atomic mass is 10.1. The minimum Gasteiger partial charge on any atom is -0.480 e. The topological polar surface area (TPSA) is 230 Å². The average molecular weight is 512 g/mol. The summed E-state index contributed by atoms with van der Waals surface area (Å²) in [6, 6.07) is -3.74. The second-order valence-corrected chi connectivity index (χ2v) is 8.45. The van der Waals surface area contributed by atoms with Gasteiger partial charge in [0.05, 0.1) is 12.4 Å². The van der Waals surface area contributed by atoms with Gasteiger partial charge in [-0.15, -0.1) is 0 Å². The van der Waals surface area contributed by atoms with E-state index in [-0.39, 0.29) is 37.0 Å². The summed E-state index contributed by atoms with van der Waals surface area (Å²) < 4.78 is 0. The highest BCUT2D eigenvalue weighted by Crippen LogP contribution is 2.08. The second kappa shape index (κ2) is 14.2. The number of aromatic nitrogens is 2. The van der Waals surface area contributed by atoms with Crippen molar-refractivity contribution in [2.45, 2.75) is 56.3 Å². The first-order valence-electron chi connectivity index (χ1n) is 11.2. The lowest BCUT2D eigenvalue weighted by molar-refractivity contribution is -0.141. The van der Waals surface area contributed by atoms with Gasteiger partial charge in [-0.05, 0) is 32.2 Å². The van der Waals surface area contributed by atoms with Crippen molar-refractivity contribution in [3.05, 3.63) is 18.2 Å². The molecular formula is C20H33N9O5S. The van der Waals surface area contributed by atoms with Crippen molar-refractivity contribution in [1.82, 2.24) is 31.2 Å². The number of carboxylic acid groups (broad SMARTS) is 1. The van der Waals surface area contributed by atoms with E-state index in [0.717, 1.165) is 6.42 Å². The molecule has 0 bridgehead atoms. The highest BCUT2D eigenvalue weighted by Gasteiger charge is 2.31. The van der Waals surface area contributed by atoms with Crippen LogP contribution < -0.4 is 32.7 Å². The van der Waals surface area contributed by atoms with Crippen LogP contribution in [-0.2, 0) is 25.6 Å². The molecule has 1 saturated heterocycles. The van der Waals surface area contributed by atoms with E-state index in [0.29, 0.717) is 25.1 Å². The Morgan fingerprint density at radius 2 is 1.89 bits per heavy atom. The molecule has 1 aliphatic heterocycles. The van der Waals surface area contributed by atoms with E-state index in [1.54, 1.807) is 0 Å². The molecule has 0 aliphatic carbocycles. The molecule has 4 atom stereocenters. The largest absolute Gasteiger partial charge is 0.480 e. The van der Waals surface area contributed by atoms with Crippen LogP contribution in [0, 0.1) is 0 Å². The molecule has 1 aromatic rings. The number of imidazole rings is 1. The minimum absolute atomic E-state index is 0.112. The quantitative estimate of drug-likeness (QED) is 0.0544. The molecule has 4 unspecified atom stereocenters. The van der Waals surface area contributed by atoms with Gasteiger partial charge in [0.25, 0.3) is 0 Å². The first-order valence-corrected chi connectivity index (χ1v) is 11.8.